The van der Waals surface area contributed by atoms with Crippen molar-refractivity contribution in [1.29, 1.82) is 0 Å². The van der Waals surface area contributed by atoms with Gasteiger partial charge in [0, 0.05) is 6.54 Å². The summed E-state index contributed by atoms with van der Waals surface area (Å²) < 4.78 is 9.80. The molecule has 9 nitrogen and oxygen atoms in total. The molecular formula is C18H26N4O5. The van der Waals surface area contributed by atoms with Crippen LogP contribution < -0.4 is 16.4 Å². The number of rotatable bonds is 10. The predicted molar refractivity (Wildman–Crippen MR) is 101 cm³/mol. The molecule has 0 heterocycles. The monoisotopic (exact) mass is 378 g/mol. The SMILES string of the molecule is C=CCOC(=O)N[C@H](CO)CCCN=C(N)NC(=O)OCc1ccccc1. The van der Waals surface area contributed by atoms with Gasteiger partial charge < -0.3 is 25.6 Å². The van der Waals surface area contributed by atoms with E-state index in [1.54, 1.807) is 0 Å². The van der Waals surface area contributed by atoms with Crippen molar-refractivity contribution in [2.24, 2.45) is 10.7 Å². The average Bonchev–Trinajstić information content (AvgIpc) is 2.67. The Balaban J connectivity index is 2.23. The van der Waals surface area contributed by atoms with Gasteiger partial charge in [-0.15, -0.1) is 0 Å². The fraction of sp³-hybridized carbons (Fsp3) is 0.389. The Morgan fingerprint density at radius 1 is 1.26 bits per heavy atom. The zero-order chi connectivity index (χ0) is 19.9. The summed E-state index contributed by atoms with van der Waals surface area (Å²) in [5.41, 5.74) is 6.48. The molecule has 0 fully saturated rings. The van der Waals surface area contributed by atoms with E-state index in [-0.39, 0.29) is 25.8 Å². The lowest BCUT2D eigenvalue weighted by atomic mass is 10.2. The van der Waals surface area contributed by atoms with Crippen LogP contribution in [0.3, 0.4) is 0 Å². The molecule has 0 spiro atoms. The van der Waals surface area contributed by atoms with Crippen LogP contribution in [0.2, 0.25) is 0 Å². The van der Waals surface area contributed by atoms with Crippen molar-refractivity contribution in [3.8, 4) is 0 Å². The first-order valence-electron chi connectivity index (χ1n) is 8.47. The second-order valence-corrected chi connectivity index (χ2v) is 5.51. The van der Waals surface area contributed by atoms with E-state index in [1.165, 1.54) is 6.08 Å². The van der Waals surface area contributed by atoms with Crippen molar-refractivity contribution in [2.45, 2.75) is 25.5 Å². The van der Waals surface area contributed by atoms with E-state index in [1.807, 2.05) is 30.3 Å². The molecule has 2 amide bonds. The summed E-state index contributed by atoms with van der Waals surface area (Å²) in [4.78, 5) is 27.0. The zero-order valence-corrected chi connectivity index (χ0v) is 15.1. The van der Waals surface area contributed by atoms with Crippen molar-refractivity contribution < 1.29 is 24.2 Å². The predicted octanol–water partition coefficient (Wildman–Crippen LogP) is 1.28. The Morgan fingerprint density at radius 2 is 2.00 bits per heavy atom. The Hall–Kier alpha value is -3.07. The van der Waals surface area contributed by atoms with Crippen LogP contribution in [0.25, 0.3) is 0 Å². The van der Waals surface area contributed by atoms with Crippen molar-refractivity contribution >= 4 is 18.1 Å². The fourth-order valence-corrected chi connectivity index (χ4v) is 1.99. The smallest absolute Gasteiger partial charge is 0.414 e. The maximum atomic E-state index is 11.6. The van der Waals surface area contributed by atoms with Gasteiger partial charge in [0.1, 0.15) is 13.2 Å². The molecule has 0 radical (unpaired) electrons. The molecule has 0 aliphatic carbocycles. The molecule has 1 rings (SSSR count). The molecule has 0 unspecified atom stereocenters. The molecular weight excluding hydrogens is 352 g/mol. The van der Waals surface area contributed by atoms with Gasteiger partial charge in [-0.05, 0) is 18.4 Å². The second kappa shape index (κ2) is 13.2. The Bertz CT molecular complexity index is 621. The van der Waals surface area contributed by atoms with Gasteiger partial charge in [0.25, 0.3) is 0 Å². The highest BCUT2D eigenvalue weighted by Gasteiger charge is 2.11. The van der Waals surface area contributed by atoms with Gasteiger partial charge in [0.05, 0.1) is 12.6 Å². The van der Waals surface area contributed by atoms with Crippen LogP contribution in [0, 0.1) is 0 Å². The minimum Gasteiger partial charge on any atom is -0.445 e. The summed E-state index contributed by atoms with van der Waals surface area (Å²) in [7, 11) is 0. The number of amides is 2. The quantitative estimate of drug-likeness (QED) is 0.210. The summed E-state index contributed by atoms with van der Waals surface area (Å²) in [6.07, 6.45) is 1.13. The number of aliphatic hydroxyl groups excluding tert-OH is 1. The molecule has 5 N–H and O–H groups in total. The van der Waals surface area contributed by atoms with E-state index in [4.69, 9.17) is 15.2 Å². The molecule has 0 aliphatic heterocycles. The van der Waals surface area contributed by atoms with Gasteiger partial charge in [-0.2, -0.15) is 0 Å². The number of ether oxygens (including phenoxy) is 2. The van der Waals surface area contributed by atoms with Gasteiger partial charge in [0.2, 0.25) is 0 Å². The number of nitrogens with two attached hydrogens (primary N) is 1. The van der Waals surface area contributed by atoms with Crippen molar-refractivity contribution in [1.82, 2.24) is 10.6 Å². The van der Waals surface area contributed by atoms with Crippen molar-refractivity contribution in [3.63, 3.8) is 0 Å². The van der Waals surface area contributed by atoms with E-state index in [0.717, 1.165) is 5.56 Å². The van der Waals surface area contributed by atoms with Gasteiger partial charge in [-0.1, -0.05) is 43.0 Å². The highest BCUT2D eigenvalue weighted by atomic mass is 16.6. The van der Waals surface area contributed by atoms with E-state index in [2.05, 4.69) is 22.2 Å². The molecule has 1 atom stereocenters. The van der Waals surface area contributed by atoms with Crippen LogP contribution in [0.1, 0.15) is 18.4 Å². The van der Waals surface area contributed by atoms with Crippen molar-refractivity contribution in [3.05, 3.63) is 48.6 Å². The minimum absolute atomic E-state index is 0.0630. The van der Waals surface area contributed by atoms with Gasteiger partial charge in [0.15, 0.2) is 5.96 Å². The zero-order valence-electron chi connectivity index (χ0n) is 15.1. The summed E-state index contributed by atoms with van der Waals surface area (Å²) in [5, 5.41) is 14.1. The molecule has 0 aliphatic rings. The molecule has 9 heteroatoms. The van der Waals surface area contributed by atoms with E-state index in [9.17, 15) is 14.7 Å². The fourth-order valence-electron chi connectivity index (χ4n) is 1.99. The Morgan fingerprint density at radius 3 is 2.67 bits per heavy atom. The number of carbonyl (C=O) groups excluding carboxylic acids is 2. The number of nitrogens with zero attached hydrogens (tertiary/aromatic N) is 1. The van der Waals surface area contributed by atoms with Crippen LogP contribution in [0.5, 0.6) is 0 Å². The first-order chi connectivity index (χ1) is 13.0. The van der Waals surface area contributed by atoms with Gasteiger partial charge in [-0.3, -0.25) is 10.3 Å². The third-order valence-electron chi connectivity index (χ3n) is 3.31. The van der Waals surface area contributed by atoms with Crippen LogP contribution in [0.4, 0.5) is 9.59 Å². The number of hydrogen-bond acceptors (Lipinski definition) is 6. The number of alkyl carbamates (subject to hydrolysis) is 2. The number of guanidine groups is 1. The molecule has 0 bridgehead atoms. The number of hydrogen-bond donors (Lipinski definition) is 4. The number of benzene rings is 1. The number of carbonyl (C=O) groups is 2. The number of aliphatic hydroxyl groups is 1. The van der Waals surface area contributed by atoms with Crippen molar-refractivity contribution in [2.75, 3.05) is 19.8 Å². The minimum atomic E-state index is -0.694. The molecule has 0 saturated carbocycles. The van der Waals surface area contributed by atoms with E-state index < -0.39 is 18.2 Å². The van der Waals surface area contributed by atoms with Crippen LogP contribution >= 0.6 is 0 Å². The average molecular weight is 378 g/mol. The Kier molecular flexibility index (Phi) is 10.7. The topological polar surface area (TPSA) is 135 Å². The summed E-state index contributed by atoms with van der Waals surface area (Å²) in [6, 6.07) is 8.78. The van der Waals surface area contributed by atoms with Gasteiger partial charge in [-0.25, -0.2) is 9.59 Å². The van der Waals surface area contributed by atoms with Crippen LogP contribution in [0.15, 0.2) is 48.0 Å². The summed E-state index contributed by atoms with van der Waals surface area (Å²) in [6.45, 7) is 3.74. The molecule has 1 aromatic carbocycles. The molecule has 0 saturated heterocycles. The molecule has 1 aromatic rings. The molecule has 27 heavy (non-hydrogen) atoms. The normalized spacial score (nSPS) is 12.0. The molecule has 148 valence electrons. The molecule has 0 aromatic heterocycles. The Labute approximate surface area is 158 Å². The number of aliphatic imine (C=N–C) groups is 1. The first-order valence-corrected chi connectivity index (χ1v) is 8.47. The number of nitrogens with one attached hydrogen (secondary N) is 2. The largest absolute Gasteiger partial charge is 0.445 e. The third-order valence-corrected chi connectivity index (χ3v) is 3.31. The van der Waals surface area contributed by atoms with E-state index >= 15 is 0 Å². The lowest BCUT2D eigenvalue weighted by Crippen LogP contribution is -2.38. The standard InChI is InChI=1S/C18H26N4O5/c1-2-11-26-17(24)21-15(12-23)9-6-10-20-16(19)22-18(25)27-13-14-7-4-3-5-8-14/h2-5,7-8,15,23H,1,6,9-13H2,(H,21,24)(H3,19,20,22,25)/t15-/m0/s1. The van der Waals surface area contributed by atoms with Crippen LogP contribution in [-0.2, 0) is 16.1 Å². The first kappa shape index (κ1) is 22.0. The summed E-state index contributed by atoms with van der Waals surface area (Å²) in [5.74, 6) is -0.0630. The summed E-state index contributed by atoms with van der Waals surface area (Å²) >= 11 is 0. The maximum absolute atomic E-state index is 11.6. The van der Waals surface area contributed by atoms with Gasteiger partial charge >= 0.3 is 12.2 Å². The third kappa shape index (κ3) is 10.5. The second-order valence-electron chi connectivity index (χ2n) is 5.51. The maximum Gasteiger partial charge on any atom is 0.414 e. The van der Waals surface area contributed by atoms with E-state index in [0.29, 0.717) is 19.4 Å². The lowest BCUT2D eigenvalue weighted by Gasteiger charge is -2.15. The highest BCUT2D eigenvalue weighted by Crippen LogP contribution is 2.01. The lowest BCUT2D eigenvalue weighted by molar-refractivity contribution is 0.143. The highest BCUT2D eigenvalue weighted by molar-refractivity contribution is 5.92. The van der Waals surface area contributed by atoms with Crippen LogP contribution in [-0.4, -0.2) is 49.1 Å².